The molecule has 0 unspecified atom stereocenters. The number of fused-ring (bicyclic) bond motifs is 1. The normalized spacial score (nSPS) is 39.5. The van der Waals surface area contributed by atoms with E-state index < -0.39 is 0 Å². The molecule has 0 saturated heterocycles. The van der Waals surface area contributed by atoms with Gasteiger partial charge < -0.3 is 5.32 Å². The van der Waals surface area contributed by atoms with E-state index in [2.05, 4.69) is 32.7 Å². The Balaban J connectivity index is 2.22. The quantitative estimate of drug-likeness (QED) is 0.624. The molecule has 4 atom stereocenters. The fourth-order valence-electron chi connectivity index (χ4n) is 4.64. The van der Waals surface area contributed by atoms with Crippen LogP contribution >= 0.6 is 0 Å². The minimum Gasteiger partial charge on any atom is -0.662 e. The molecule has 0 aromatic carbocycles. The molecule has 98 valence electrons. The molecule has 1 nitrogen and oxygen atoms in total. The first-order valence-corrected chi connectivity index (χ1v) is 7.26. The highest BCUT2D eigenvalue weighted by molar-refractivity contribution is 5.18. The lowest BCUT2D eigenvalue weighted by Gasteiger charge is -2.47. The van der Waals surface area contributed by atoms with Crippen molar-refractivity contribution in [2.24, 2.45) is 23.2 Å². The molecule has 2 rings (SSSR count). The second-order valence-electron chi connectivity index (χ2n) is 6.84. The molecule has 0 amide bonds. The summed E-state index contributed by atoms with van der Waals surface area (Å²) in [4.78, 5) is 0. The van der Waals surface area contributed by atoms with E-state index in [0.717, 1.165) is 11.8 Å². The Hall–Kier alpha value is -0.300. The molecule has 2 saturated carbocycles. The molecule has 0 N–H and O–H groups in total. The number of hydrogen-bond acceptors (Lipinski definition) is 0. The van der Waals surface area contributed by atoms with Crippen LogP contribution in [0.4, 0.5) is 0 Å². The van der Waals surface area contributed by atoms with Gasteiger partial charge in [-0.1, -0.05) is 51.2 Å². The highest BCUT2D eigenvalue weighted by Crippen LogP contribution is 2.58. The third-order valence-electron chi connectivity index (χ3n) is 5.33. The van der Waals surface area contributed by atoms with Crippen molar-refractivity contribution in [2.75, 3.05) is 7.05 Å². The Morgan fingerprint density at radius 1 is 1.35 bits per heavy atom. The largest absolute Gasteiger partial charge is 0.662 e. The van der Waals surface area contributed by atoms with Crippen LogP contribution in [0.1, 0.15) is 52.9 Å². The highest BCUT2D eigenvalue weighted by Gasteiger charge is 2.48. The number of hydrogen-bond donors (Lipinski definition) is 0. The first kappa shape index (κ1) is 13.1. The molecule has 17 heavy (non-hydrogen) atoms. The van der Waals surface area contributed by atoms with Crippen molar-refractivity contribution in [2.45, 2.75) is 58.9 Å². The second-order valence-corrected chi connectivity index (χ2v) is 6.84. The lowest BCUT2D eigenvalue weighted by molar-refractivity contribution is 0.162. The van der Waals surface area contributed by atoms with Crippen molar-refractivity contribution in [1.29, 1.82) is 0 Å². The third kappa shape index (κ3) is 2.19. The van der Waals surface area contributed by atoms with Crippen LogP contribution in [0.25, 0.3) is 5.32 Å². The van der Waals surface area contributed by atoms with Gasteiger partial charge in [0.1, 0.15) is 0 Å². The van der Waals surface area contributed by atoms with Crippen LogP contribution in [-0.4, -0.2) is 13.1 Å². The molecule has 0 aromatic heterocycles. The van der Waals surface area contributed by atoms with Crippen LogP contribution < -0.4 is 0 Å². The average molecular weight is 234 g/mol. The van der Waals surface area contributed by atoms with E-state index in [9.17, 15) is 0 Å². The van der Waals surface area contributed by atoms with Crippen LogP contribution in [0.3, 0.4) is 0 Å². The summed E-state index contributed by atoms with van der Waals surface area (Å²) in [6.45, 7) is 11.5. The highest BCUT2D eigenvalue weighted by atomic mass is 14.9. The van der Waals surface area contributed by atoms with Crippen molar-refractivity contribution in [3.63, 3.8) is 0 Å². The number of allylic oxidation sites excluding steroid dienone is 1. The Morgan fingerprint density at radius 2 is 2.06 bits per heavy atom. The first-order chi connectivity index (χ1) is 7.99. The minimum absolute atomic E-state index is 0.539. The summed E-state index contributed by atoms with van der Waals surface area (Å²) in [5, 5.41) is 4.69. The van der Waals surface area contributed by atoms with E-state index in [1.807, 2.05) is 7.05 Å². The summed E-state index contributed by atoms with van der Waals surface area (Å²) in [5.74, 6) is 2.17. The molecule has 0 aliphatic heterocycles. The monoisotopic (exact) mass is 234 g/mol. The molecular formula is C16H28N-. The third-order valence-corrected chi connectivity index (χ3v) is 5.33. The van der Waals surface area contributed by atoms with E-state index in [1.54, 1.807) is 0 Å². The second kappa shape index (κ2) is 4.76. The van der Waals surface area contributed by atoms with Crippen LogP contribution in [0.5, 0.6) is 0 Å². The SMILES string of the molecule is C=C1CCC[C@@]2(C)CC[C@H]([C@@H]([N-]C)C(C)C)[C@@H]12. The fraction of sp³-hybridized carbons (Fsp3) is 0.875. The standard InChI is InChI=1S/C16H28N/c1-11(2)15(17-5)13-8-10-16(4)9-6-7-12(3)14(13)16/h11,13-15H,3,6-10H2,1-2,4-5H3/q-1/t13-,14+,15-,16-/m0/s1. The van der Waals surface area contributed by atoms with Gasteiger partial charge in [-0.15, -0.1) is 6.04 Å². The summed E-state index contributed by atoms with van der Waals surface area (Å²) in [5.41, 5.74) is 2.06. The van der Waals surface area contributed by atoms with E-state index >= 15 is 0 Å². The van der Waals surface area contributed by atoms with Gasteiger partial charge in [-0.2, -0.15) is 7.05 Å². The van der Waals surface area contributed by atoms with Gasteiger partial charge in [-0.05, 0) is 37.0 Å². The number of nitrogens with zero attached hydrogens (tertiary/aromatic N) is 1. The smallest absolute Gasteiger partial charge is 0.0137 e. The van der Waals surface area contributed by atoms with Crippen LogP contribution in [0.2, 0.25) is 0 Å². The molecule has 0 spiro atoms. The predicted octanol–water partition coefficient (Wildman–Crippen LogP) is 4.79. The zero-order valence-electron chi connectivity index (χ0n) is 12.0. The van der Waals surface area contributed by atoms with Crippen molar-refractivity contribution < 1.29 is 0 Å². The molecule has 2 fully saturated rings. The van der Waals surface area contributed by atoms with Crippen LogP contribution in [0.15, 0.2) is 12.2 Å². The molecule has 1 heteroatoms. The Morgan fingerprint density at radius 3 is 2.65 bits per heavy atom. The van der Waals surface area contributed by atoms with Gasteiger partial charge in [-0.25, -0.2) is 0 Å². The summed E-state index contributed by atoms with van der Waals surface area (Å²) >= 11 is 0. The lowest BCUT2D eigenvalue weighted by Crippen LogP contribution is -2.36. The van der Waals surface area contributed by atoms with Crippen LogP contribution in [0, 0.1) is 23.2 Å². The van der Waals surface area contributed by atoms with Crippen LogP contribution in [-0.2, 0) is 0 Å². The topological polar surface area (TPSA) is 14.1 Å². The van der Waals surface area contributed by atoms with Crippen molar-refractivity contribution in [3.8, 4) is 0 Å². The fourth-order valence-corrected chi connectivity index (χ4v) is 4.64. The summed E-state index contributed by atoms with van der Waals surface area (Å²) in [6.07, 6.45) is 6.77. The average Bonchev–Trinajstić information content (AvgIpc) is 2.58. The minimum atomic E-state index is 0.539. The molecule has 0 heterocycles. The van der Waals surface area contributed by atoms with Gasteiger partial charge in [0, 0.05) is 0 Å². The maximum Gasteiger partial charge on any atom is -0.0137 e. The van der Waals surface area contributed by atoms with E-state index in [1.165, 1.54) is 37.7 Å². The van der Waals surface area contributed by atoms with Gasteiger partial charge in [0.2, 0.25) is 0 Å². The van der Waals surface area contributed by atoms with E-state index in [-0.39, 0.29) is 0 Å². The summed E-state index contributed by atoms with van der Waals surface area (Å²) in [7, 11) is 2.01. The first-order valence-electron chi connectivity index (χ1n) is 7.26. The Kier molecular flexibility index (Phi) is 3.68. The van der Waals surface area contributed by atoms with Gasteiger partial charge in [0.25, 0.3) is 0 Å². The zero-order valence-corrected chi connectivity index (χ0v) is 12.0. The van der Waals surface area contributed by atoms with Crippen molar-refractivity contribution in [1.82, 2.24) is 0 Å². The zero-order chi connectivity index (χ0) is 12.6. The summed E-state index contributed by atoms with van der Waals surface area (Å²) < 4.78 is 0. The van der Waals surface area contributed by atoms with E-state index in [0.29, 0.717) is 17.4 Å². The van der Waals surface area contributed by atoms with Crippen molar-refractivity contribution >= 4 is 0 Å². The van der Waals surface area contributed by atoms with Gasteiger partial charge in [-0.3, -0.25) is 0 Å². The molecule has 0 aromatic rings. The summed E-state index contributed by atoms with van der Waals surface area (Å²) in [6, 6.07) is 0.539. The van der Waals surface area contributed by atoms with Gasteiger partial charge in [0.05, 0.1) is 0 Å². The van der Waals surface area contributed by atoms with Gasteiger partial charge in [0.15, 0.2) is 0 Å². The van der Waals surface area contributed by atoms with Gasteiger partial charge >= 0.3 is 0 Å². The molecule has 2 aliphatic rings. The maximum atomic E-state index is 4.69. The number of rotatable bonds is 3. The Bertz CT molecular complexity index is 294. The maximum absolute atomic E-state index is 4.69. The molecule has 0 radical (unpaired) electrons. The molecular weight excluding hydrogens is 206 g/mol. The predicted molar refractivity (Wildman–Crippen MR) is 75.2 cm³/mol. The van der Waals surface area contributed by atoms with Crippen molar-refractivity contribution in [3.05, 3.63) is 17.5 Å². The molecule has 2 aliphatic carbocycles. The van der Waals surface area contributed by atoms with E-state index in [4.69, 9.17) is 0 Å². The Labute approximate surface area is 107 Å². The molecule has 0 bridgehead atoms. The lowest BCUT2D eigenvalue weighted by atomic mass is 9.64.